The van der Waals surface area contributed by atoms with Crippen LogP contribution >= 0.6 is 0 Å². The Kier molecular flexibility index (Phi) is 6.05. The van der Waals surface area contributed by atoms with Gasteiger partial charge in [0, 0.05) is 34.4 Å². The number of nitrogens with one attached hydrogen (secondary N) is 1. The van der Waals surface area contributed by atoms with E-state index in [0.29, 0.717) is 16.7 Å². The van der Waals surface area contributed by atoms with Crippen LogP contribution < -0.4 is 10.9 Å². The first kappa shape index (κ1) is 22.3. The average Bonchev–Trinajstić information content (AvgIpc) is 3.19. The molecule has 2 heterocycles. The van der Waals surface area contributed by atoms with E-state index in [1.807, 2.05) is 43.3 Å². The number of aliphatic carboxylic acids is 1. The van der Waals surface area contributed by atoms with Crippen molar-refractivity contribution >= 4 is 33.8 Å². The topological polar surface area (TPSA) is 110 Å². The van der Waals surface area contributed by atoms with E-state index in [0.717, 1.165) is 27.5 Å². The molecule has 1 amide bonds. The molecule has 0 bridgehead atoms. The molecule has 0 spiro atoms. The molecule has 4 aromatic rings. The van der Waals surface area contributed by atoms with Crippen molar-refractivity contribution in [3.05, 3.63) is 70.3 Å². The maximum Gasteiger partial charge on any atom is 0.339 e. The second-order valence-electron chi connectivity index (χ2n) is 8.48. The van der Waals surface area contributed by atoms with Crippen molar-refractivity contribution in [1.29, 1.82) is 0 Å². The Bertz CT molecular complexity index is 1400. The zero-order chi connectivity index (χ0) is 23.7. The number of carbonyl (C=O) groups excluding carboxylic acids is 1. The smallest absolute Gasteiger partial charge is 0.339 e. The summed E-state index contributed by atoms with van der Waals surface area (Å²) in [4.78, 5) is 36.3. The summed E-state index contributed by atoms with van der Waals surface area (Å²) in [5.41, 5.74) is 3.60. The van der Waals surface area contributed by atoms with Crippen LogP contribution in [0.15, 0.2) is 62.4 Å². The molecule has 2 N–H and O–H groups in total. The minimum atomic E-state index is -1.09. The molecule has 170 valence electrons. The number of aryl methyl sites for hydroxylation is 1. The second kappa shape index (κ2) is 8.94. The molecule has 0 fully saturated rings. The molecule has 0 radical (unpaired) electrons. The summed E-state index contributed by atoms with van der Waals surface area (Å²) in [6.07, 6.45) is 1.82. The van der Waals surface area contributed by atoms with Crippen molar-refractivity contribution in [3.8, 4) is 11.1 Å². The fraction of sp³-hybridized carbons (Fsp3) is 0.269. The van der Waals surface area contributed by atoms with Crippen LogP contribution in [0.5, 0.6) is 0 Å². The zero-order valence-corrected chi connectivity index (χ0v) is 18.7. The number of carboxylic acid groups (broad SMARTS) is 1. The third-order valence-electron chi connectivity index (χ3n) is 5.92. The summed E-state index contributed by atoms with van der Waals surface area (Å²) >= 11 is 0. The van der Waals surface area contributed by atoms with Crippen LogP contribution in [0.3, 0.4) is 0 Å². The van der Waals surface area contributed by atoms with E-state index in [1.54, 1.807) is 26.2 Å². The standard InChI is InChI=1S/C26H25NO6/c1-14(2)24(25(29)30)27-23(28)10-9-17-15(3)18-11-19-20(16-7-5-4-6-8-16)13-32-21(19)12-22(18)33-26(17)31/h4-8,11-14,24H,9-10H2,1-3H3,(H,27,28)(H,29,30). The Balaban J connectivity index is 1.67. The first-order valence-corrected chi connectivity index (χ1v) is 10.8. The molecule has 0 aliphatic heterocycles. The number of fused-ring (bicyclic) bond motifs is 2. The first-order chi connectivity index (χ1) is 15.8. The summed E-state index contributed by atoms with van der Waals surface area (Å²) in [6, 6.07) is 12.5. The molecule has 0 aliphatic rings. The molecule has 7 heteroatoms. The number of rotatable bonds is 7. The molecule has 2 aromatic heterocycles. The molecule has 7 nitrogen and oxygen atoms in total. The quantitative estimate of drug-likeness (QED) is 0.398. The van der Waals surface area contributed by atoms with Gasteiger partial charge in [0.15, 0.2) is 0 Å². The van der Waals surface area contributed by atoms with Crippen LogP contribution in [-0.2, 0) is 16.0 Å². The molecule has 0 saturated carbocycles. The van der Waals surface area contributed by atoms with Crippen LogP contribution in [0.4, 0.5) is 0 Å². The number of hydrogen-bond acceptors (Lipinski definition) is 5. The lowest BCUT2D eigenvalue weighted by atomic mass is 9.98. The minimum absolute atomic E-state index is 0.0170. The maximum absolute atomic E-state index is 12.6. The van der Waals surface area contributed by atoms with Gasteiger partial charge in [-0.3, -0.25) is 4.79 Å². The van der Waals surface area contributed by atoms with Gasteiger partial charge in [-0.05, 0) is 36.5 Å². The third kappa shape index (κ3) is 4.39. The molecule has 0 aliphatic carbocycles. The molecule has 1 atom stereocenters. The lowest BCUT2D eigenvalue weighted by Crippen LogP contribution is -2.44. The average molecular weight is 447 g/mol. The predicted octanol–water partition coefficient (Wildman–Crippen LogP) is 4.67. The fourth-order valence-electron chi connectivity index (χ4n) is 4.04. The second-order valence-corrected chi connectivity index (χ2v) is 8.48. The van der Waals surface area contributed by atoms with Crippen LogP contribution in [-0.4, -0.2) is 23.0 Å². The van der Waals surface area contributed by atoms with Gasteiger partial charge in [-0.1, -0.05) is 44.2 Å². The van der Waals surface area contributed by atoms with Crippen molar-refractivity contribution in [3.63, 3.8) is 0 Å². The van der Waals surface area contributed by atoms with Crippen molar-refractivity contribution in [1.82, 2.24) is 5.32 Å². The molecular formula is C26H25NO6. The van der Waals surface area contributed by atoms with Crippen molar-refractivity contribution < 1.29 is 23.5 Å². The van der Waals surface area contributed by atoms with Gasteiger partial charge in [-0.2, -0.15) is 0 Å². The van der Waals surface area contributed by atoms with Crippen LogP contribution in [0.2, 0.25) is 0 Å². The molecule has 0 saturated heterocycles. The number of amides is 1. The van der Waals surface area contributed by atoms with Gasteiger partial charge in [-0.25, -0.2) is 9.59 Å². The summed E-state index contributed by atoms with van der Waals surface area (Å²) in [5, 5.41) is 13.5. The highest BCUT2D eigenvalue weighted by Crippen LogP contribution is 2.34. The monoisotopic (exact) mass is 447 g/mol. The van der Waals surface area contributed by atoms with E-state index < -0.39 is 23.5 Å². The highest BCUT2D eigenvalue weighted by molar-refractivity contribution is 6.02. The lowest BCUT2D eigenvalue weighted by molar-refractivity contribution is -0.143. The largest absolute Gasteiger partial charge is 0.480 e. The van der Waals surface area contributed by atoms with Gasteiger partial charge in [-0.15, -0.1) is 0 Å². The van der Waals surface area contributed by atoms with Gasteiger partial charge in [0.1, 0.15) is 17.2 Å². The molecule has 2 aromatic carbocycles. The molecule has 4 rings (SSSR count). The fourth-order valence-corrected chi connectivity index (χ4v) is 4.04. The number of carbonyl (C=O) groups is 2. The molecular weight excluding hydrogens is 422 g/mol. The number of furan rings is 1. The highest BCUT2D eigenvalue weighted by Gasteiger charge is 2.24. The van der Waals surface area contributed by atoms with Crippen LogP contribution in [0, 0.1) is 12.8 Å². The number of carboxylic acids is 1. The highest BCUT2D eigenvalue weighted by atomic mass is 16.4. The molecule has 1 unspecified atom stereocenters. The SMILES string of the molecule is Cc1c(CCC(=O)NC(C(=O)O)C(C)C)c(=O)oc2cc3occ(-c4ccccc4)c3cc12. The Morgan fingerprint density at radius 3 is 2.45 bits per heavy atom. The summed E-state index contributed by atoms with van der Waals surface area (Å²) in [5.74, 6) is -1.76. The van der Waals surface area contributed by atoms with Crippen molar-refractivity contribution in [2.24, 2.45) is 5.92 Å². The maximum atomic E-state index is 12.6. The number of benzene rings is 2. The summed E-state index contributed by atoms with van der Waals surface area (Å²) in [7, 11) is 0. The van der Waals surface area contributed by atoms with E-state index in [9.17, 15) is 19.5 Å². The third-order valence-corrected chi connectivity index (χ3v) is 5.92. The lowest BCUT2D eigenvalue weighted by Gasteiger charge is -2.17. The Morgan fingerprint density at radius 1 is 1.06 bits per heavy atom. The van der Waals surface area contributed by atoms with Gasteiger partial charge in [0.2, 0.25) is 5.91 Å². The predicted molar refractivity (Wildman–Crippen MR) is 125 cm³/mol. The van der Waals surface area contributed by atoms with Crippen LogP contribution in [0.1, 0.15) is 31.4 Å². The van der Waals surface area contributed by atoms with Gasteiger partial charge in [0.25, 0.3) is 0 Å². The van der Waals surface area contributed by atoms with E-state index >= 15 is 0 Å². The van der Waals surface area contributed by atoms with Crippen molar-refractivity contribution in [2.45, 2.75) is 39.7 Å². The Labute approximate surface area is 190 Å². The van der Waals surface area contributed by atoms with Crippen LogP contribution in [0.25, 0.3) is 33.1 Å². The van der Waals surface area contributed by atoms with Gasteiger partial charge < -0.3 is 19.3 Å². The van der Waals surface area contributed by atoms with E-state index in [-0.39, 0.29) is 18.8 Å². The van der Waals surface area contributed by atoms with Crippen molar-refractivity contribution in [2.75, 3.05) is 0 Å². The zero-order valence-electron chi connectivity index (χ0n) is 18.7. The summed E-state index contributed by atoms with van der Waals surface area (Å²) in [6.45, 7) is 5.28. The normalized spacial score (nSPS) is 12.4. The number of hydrogen-bond donors (Lipinski definition) is 2. The van der Waals surface area contributed by atoms with E-state index in [4.69, 9.17) is 8.83 Å². The Morgan fingerprint density at radius 2 is 1.79 bits per heavy atom. The summed E-state index contributed by atoms with van der Waals surface area (Å²) < 4.78 is 11.3. The van der Waals surface area contributed by atoms with Gasteiger partial charge in [0.05, 0.1) is 6.26 Å². The Hall–Kier alpha value is -3.87. The molecule has 33 heavy (non-hydrogen) atoms. The van der Waals surface area contributed by atoms with Gasteiger partial charge >= 0.3 is 11.6 Å². The minimum Gasteiger partial charge on any atom is -0.480 e. The first-order valence-electron chi connectivity index (χ1n) is 10.8. The van der Waals surface area contributed by atoms with E-state index in [1.165, 1.54) is 0 Å². The van der Waals surface area contributed by atoms with E-state index in [2.05, 4.69) is 5.32 Å².